The first-order valence-corrected chi connectivity index (χ1v) is 7.40. The normalized spacial score (nSPS) is 14.5. The van der Waals surface area contributed by atoms with Gasteiger partial charge in [-0.05, 0) is 30.5 Å². The van der Waals surface area contributed by atoms with Gasteiger partial charge in [-0.15, -0.1) is 10.2 Å². The van der Waals surface area contributed by atoms with Gasteiger partial charge < -0.3 is 14.9 Å². The Morgan fingerprint density at radius 3 is 3.10 bits per heavy atom. The summed E-state index contributed by atoms with van der Waals surface area (Å²) in [6.07, 6.45) is 7.35. The third-order valence-electron chi connectivity index (χ3n) is 4.18. The van der Waals surface area contributed by atoms with E-state index in [0.717, 1.165) is 41.2 Å². The van der Waals surface area contributed by atoms with E-state index in [2.05, 4.69) is 36.6 Å². The van der Waals surface area contributed by atoms with Gasteiger partial charge in [0.05, 0.1) is 6.54 Å². The third-order valence-corrected chi connectivity index (χ3v) is 4.18. The van der Waals surface area contributed by atoms with E-state index in [1.807, 2.05) is 12.3 Å². The molecule has 0 saturated carbocycles. The molecule has 0 aromatic carbocycles. The number of nitrogens with zero attached hydrogens (tertiary/aromatic N) is 5. The molecule has 4 heterocycles. The van der Waals surface area contributed by atoms with Gasteiger partial charge in [0.25, 0.3) is 0 Å². The first-order chi connectivity index (χ1) is 10.4. The van der Waals surface area contributed by atoms with Crippen molar-refractivity contribution in [1.29, 1.82) is 0 Å². The molecule has 0 bridgehead atoms. The minimum absolute atomic E-state index is 0.521. The molecule has 0 aliphatic carbocycles. The number of hydrogen-bond acceptors (Lipinski definition) is 4. The summed E-state index contributed by atoms with van der Waals surface area (Å²) < 4.78 is 4.38. The fraction of sp³-hybridized carbons (Fsp3) is 0.400. The highest BCUT2D eigenvalue weighted by molar-refractivity contribution is 5.80. The average Bonchev–Trinajstić information content (AvgIpc) is 3.10. The number of aryl methyl sites for hydroxylation is 1. The Morgan fingerprint density at radius 2 is 2.19 bits per heavy atom. The molecule has 0 amide bonds. The van der Waals surface area contributed by atoms with Crippen molar-refractivity contribution >= 4 is 11.0 Å². The summed E-state index contributed by atoms with van der Waals surface area (Å²) in [5, 5.41) is 9.81. The van der Waals surface area contributed by atoms with Crippen molar-refractivity contribution in [3.8, 4) is 0 Å². The molecule has 3 aromatic heterocycles. The maximum absolute atomic E-state index is 5.84. The zero-order valence-electron chi connectivity index (χ0n) is 11.9. The summed E-state index contributed by atoms with van der Waals surface area (Å²) >= 11 is 0. The highest BCUT2D eigenvalue weighted by atomic mass is 15.3. The van der Waals surface area contributed by atoms with Crippen molar-refractivity contribution in [2.75, 3.05) is 0 Å². The molecule has 4 rings (SSSR count). The van der Waals surface area contributed by atoms with Crippen LogP contribution in [-0.2, 0) is 26.1 Å². The molecule has 0 fully saturated rings. The van der Waals surface area contributed by atoms with Gasteiger partial charge in [0.2, 0.25) is 0 Å². The van der Waals surface area contributed by atoms with Crippen molar-refractivity contribution < 1.29 is 0 Å². The van der Waals surface area contributed by atoms with Crippen LogP contribution in [0, 0.1) is 0 Å². The molecule has 1 aliphatic heterocycles. The molecule has 21 heavy (non-hydrogen) atoms. The monoisotopic (exact) mass is 282 g/mol. The largest absolute Gasteiger partial charge is 0.326 e. The average molecular weight is 282 g/mol. The minimum Gasteiger partial charge on any atom is -0.326 e. The molecule has 1 aliphatic rings. The SMILES string of the molecule is NCc1cn(Cc2nnc3n2CCCC3)c2ncccc12. The molecule has 0 spiro atoms. The standard InChI is InChI=1S/C15H18N6/c16-8-11-9-20(15-12(11)4-3-6-17-15)10-14-19-18-13-5-1-2-7-21(13)14/h3-4,6,9H,1-2,5,7-8,10,16H2. The first kappa shape index (κ1) is 12.5. The Bertz CT molecular complexity index is 785. The molecule has 6 heteroatoms. The number of fused-ring (bicyclic) bond motifs is 2. The van der Waals surface area contributed by atoms with Crippen LogP contribution in [0.25, 0.3) is 11.0 Å². The van der Waals surface area contributed by atoms with Crippen molar-refractivity contribution in [3.05, 3.63) is 41.7 Å². The van der Waals surface area contributed by atoms with Crippen LogP contribution < -0.4 is 5.73 Å². The Kier molecular flexibility index (Phi) is 2.96. The number of nitrogens with two attached hydrogens (primary N) is 1. The summed E-state index contributed by atoms with van der Waals surface area (Å²) in [7, 11) is 0. The van der Waals surface area contributed by atoms with E-state index in [4.69, 9.17) is 5.73 Å². The van der Waals surface area contributed by atoms with Crippen LogP contribution in [0.1, 0.15) is 30.1 Å². The Morgan fingerprint density at radius 1 is 1.24 bits per heavy atom. The van der Waals surface area contributed by atoms with Gasteiger partial charge in [-0.1, -0.05) is 0 Å². The molecule has 0 saturated heterocycles. The van der Waals surface area contributed by atoms with Crippen LogP contribution in [-0.4, -0.2) is 24.3 Å². The summed E-state index contributed by atoms with van der Waals surface area (Å²) in [6.45, 7) is 2.24. The highest BCUT2D eigenvalue weighted by Gasteiger charge is 2.17. The van der Waals surface area contributed by atoms with Gasteiger partial charge in [0.15, 0.2) is 5.82 Å². The zero-order valence-corrected chi connectivity index (χ0v) is 11.9. The van der Waals surface area contributed by atoms with Crippen LogP contribution >= 0.6 is 0 Å². The zero-order chi connectivity index (χ0) is 14.2. The van der Waals surface area contributed by atoms with Gasteiger partial charge >= 0.3 is 0 Å². The second-order valence-corrected chi connectivity index (χ2v) is 5.50. The molecule has 2 N–H and O–H groups in total. The smallest absolute Gasteiger partial charge is 0.153 e. The van der Waals surface area contributed by atoms with Crippen molar-refractivity contribution in [1.82, 2.24) is 24.3 Å². The number of rotatable bonds is 3. The highest BCUT2D eigenvalue weighted by Crippen LogP contribution is 2.21. The minimum atomic E-state index is 0.521. The van der Waals surface area contributed by atoms with Crippen LogP contribution in [0.2, 0.25) is 0 Å². The second-order valence-electron chi connectivity index (χ2n) is 5.50. The van der Waals surface area contributed by atoms with Crippen molar-refractivity contribution in [2.24, 2.45) is 5.73 Å². The summed E-state index contributed by atoms with van der Waals surface area (Å²) in [4.78, 5) is 4.49. The summed E-state index contributed by atoms with van der Waals surface area (Å²) in [6, 6.07) is 4.02. The second kappa shape index (κ2) is 4.96. The van der Waals surface area contributed by atoms with Gasteiger partial charge in [-0.25, -0.2) is 4.98 Å². The number of hydrogen-bond donors (Lipinski definition) is 1. The molecule has 6 nitrogen and oxygen atoms in total. The number of aromatic nitrogens is 5. The Labute approximate surface area is 122 Å². The predicted octanol–water partition coefficient (Wildman–Crippen LogP) is 1.47. The third kappa shape index (κ3) is 2.03. The van der Waals surface area contributed by atoms with Gasteiger partial charge in [0, 0.05) is 37.3 Å². The lowest BCUT2D eigenvalue weighted by molar-refractivity contribution is 0.502. The maximum Gasteiger partial charge on any atom is 0.153 e. The molecule has 0 unspecified atom stereocenters. The van der Waals surface area contributed by atoms with E-state index in [-0.39, 0.29) is 0 Å². The van der Waals surface area contributed by atoms with E-state index in [1.165, 1.54) is 12.8 Å². The van der Waals surface area contributed by atoms with Gasteiger partial charge in [0.1, 0.15) is 11.5 Å². The van der Waals surface area contributed by atoms with Crippen LogP contribution in [0.4, 0.5) is 0 Å². The maximum atomic E-state index is 5.84. The summed E-state index contributed by atoms with van der Waals surface area (Å²) in [5.41, 5.74) is 7.92. The lowest BCUT2D eigenvalue weighted by Gasteiger charge is -2.15. The first-order valence-electron chi connectivity index (χ1n) is 7.40. The quantitative estimate of drug-likeness (QED) is 0.789. The van der Waals surface area contributed by atoms with Crippen LogP contribution in [0.3, 0.4) is 0 Å². The molecular weight excluding hydrogens is 264 g/mol. The topological polar surface area (TPSA) is 74.6 Å². The van der Waals surface area contributed by atoms with Crippen molar-refractivity contribution in [3.63, 3.8) is 0 Å². The van der Waals surface area contributed by atoms with Gasteiger partial charge in [-0.3, -0.25) is 0 Å². The Balaban J connectivity index is 1.76. The molecule has 3 aromatic rings. The van der Waals surface area contributed by atoms with Crippen LogP contribution in [0.15, 0.2) is 24.5 Å². The lowest BCUT2D eigenvalue weighted by Crippen LogP contribution is -2.15. The summed E-state index contributed by atoms with van der Waals surface area (Å²) in [5.74, 6) is 2.12. The molecule has 108 valence electrons. The van der Waals surface area contributed by atoms with Crippen LogP contribution in [0.5, 0.6) is 0 Å². The fourth-order valence-corrected chi connectivity index (χ4v) is 3.12. The lowest BCUT2D eigenvalue weighted by atomic mass is 10.2. The number of pyridine rings is 1. The fourth-order valence-electron chi connectivity index (χ4n) is 3.12. The molecule has 0 atom stereocenters. The Hall–Kier alpha value is -2.21. The molecular formula is C15H18N6. The van der Waals surface area contributed by atoms with E-state index < -0.39 is 0 Å². The van der Waals surface area contributed by atoms with E-state index in [1.54, 1.807) is 0 Å². The van der Waals surface area contributed by atoms with E-state index >= 15 is 0 Å². The van der Waals surface area contributed by atoms with Gasteiger partial charge in [-0.2, -0.15) is 0 Å². The predicted molar refractivity (Wildman–Crippen MR) is 79.7 cm³/mol. The van der Waals surface area contributed by atoms with Crippen molar-refractivity contribution in [2.45, 2.75) is 38.9 Å². The van der Waals surface area contributed by atoms with E-state index in [9.17, 15) is 0 Å². The molecule has 0 radical (unpaired) electrons. The van der Waals surface area contributed by atoms with E-state index in [0.29, 0.717) is 13.1 Å².